The summed E-state index contributed by atoms with van der Waals surface area (Å²) in [7, 11) is 1.77. The average Bonchev–Trinajstić information content (AvgIpc) is 3.25. The molecule has 0 bridgehead atoms. The van der Waals surface area contributed by atoms with E-state index in [2.05, 4.69) is 17.0 Å². The molecule has 1 aromatic carbocycles. The number of carboxylic acid groups (broad SMARTS) is 1. The maximum atomic E-state index is 13.0. The van der Waals surface area contributed by atoms with E-state index in [1.165, 1.54) is 0 Å². The number of aliphatic hydroxyl groups is 3. The first-order valence-corrected chi connectivity index (χ1v) is 13.1. The first kappa shape index (κ1) is 32.8. The molecule has 222 valence electrons. The number of ether oxygens (including phenoxy) is 2. The smallest absolute Gasteiger partial charge is 0.333 e. The van der Waals surface area contributed by atoms with Crippen molar-refractivity contribution in [3.05, 3.63) is 51.7 Å². The van der Waals surface area contributed by atoms with Crippen LogP contribution in [0.1, 0.15) is 37.4 Å². The van der Waals surface area contributed by atoms with Gasteiger partial charge in [0.15, 0.2) is 11.6 Å². The fourth-order valence-corrected chi connectivity index (χ4v) is 3.85. The van der Waals surface area contributed by atoms with Gasteiger partial charge in [-0.15, -0.1) is 0 Å². The van der Waals surface area contributed by atoms with Crippen LogP contribution in [0.3, 0.4) is 0 Å². The number of hydrogen-bond acceptors (Lipinski definition) is 10. The number of carboxylic acids is 1. The molecule has 3 aromatic rings. The van der Waals surface area contributed by atoms with Gasteiger partial charge in [-0.1, -0.05) is 25.5 Å². The number of rotatable bonds is 14. The van der Waals surface area contributed by atoms with Gasteiger partial charge in [0.05, 0.1) is 37.6 Å². The van der Waals surface area contributed by atoms with E-state index >= 15 is 0 Å². The molecule has 2 heterocycles. The van der Waals surface area contributed by atoms with E-state index in [0.717, 1.165) is 24.1 Å². The summed E-state index contributed by atoms with van der Waals surface area (Å²) in [5.41, 5.74) is 6.69. The molecule has 1 unspecified atom stereocenters. The standard InChI is InChI=1S/C23H30N4O5.C4H11NO3/c1-5-7-18-20-21(26(4)25-18)22(28)27(15(3)24-20)12-13-32-17-10-8-16(9-11-17)14-19(23(29)30)31-6-2;5-4(1-6,2-7)3-8/h8-11,19H,5-7,12-14H2,1-4H3,(H,29,30);6-8H,1-3,5H2. The van der Waals surface area contributed by atoms with Crippen LogP contribution in [-0.4, -0.2) is 90.4 Å². The second kappa shape index (κ2) is 15.4. The summed E-state index contributed by atoms with van der Waals surface area (Å²) in [5, 5.41) is 38.7. The Balaban J connectivity index is 0.000000611. The highest BCUT2D eigenvalue weighted by atomic mass is 16.5. The summed E-state index contributed by atoms with van der Waals surface area (Å²) in [4.78, 5) is 28.9. The van der Waals surface area contributed by atoms with Gasteiger partial charge in [-0.2, -0.15) is 5.10 Å². The van der Waals surface area contributed by atoms with Crippen molar-refractivity contribution >= 4 is 17.0 Å². The lowest BCUT2D eigenvalue weighted by Gasteiger charge is -2.20. The zero-order valence-corrected chi connectivity index (χ0v) is 23.5. The van der Waals surface area contributed by atoms with Crippen LogP contribution in [0.15, 0.2) is 29.1 Å². The first-order valence-electron chi connectivity index (χ1n) is 13.1. The largest absolute Gasteiger partial charge is 0.492 e. The van der Waals surface area contributed by atoms with Crippen molar-refractivity contribution in [1.29, 1.82) is 0 Å². The van der Waals surface area contributed by atoms with Crippen molar-refractivity contribution in [2.45, 2.75) is 58.2 Å². The number of aliphatic carboxylic acids is 1. The lowest BCUT2D eigenvalue weighted by atomic mass is 10.1. The topological polar surface area (TPSA) is 195 Å². The molecule has 6 N–H and O–H groups in total. The molecule has 0 saturated heterocycles. The molecule has 0 aliphatic carbocycles. The minimum atomic E-state index is -1.21. The van der Waals surface area contributed by atoms with E-state index in [1.807, 2.05) is 19.1 Å². The van der Waals surface area contributed by atoms with Crippen LogP contribution in [-0.2, 0) is 36.0 Å². The fraction of sp³-hybridized carbons (Fsp3) is 0.556. The maximum Gasteiger partial charge on any atom is 0.333 e. The fourth-order valence-electron chi connectivity index (χ4n) is 3.85. The third-order valence-corrected chi connectivity index (χ3v) is 6.21. The maximum absolute atomic E-state index is 13.0. The molecule has 3 rings (SSSR count). The van der Waals surface area contributed by atoms with E-state index in [9.17, 15) is 14.7 Å². The summed E-state index contributed by atoms with van der Waals surface area (Å²) in [6.45, 7) is 5.44. The van der Waals surface area contributed by atoms with Gasteiger partial charge in [0.1, 0.15) is 23.7 Å². The van der Waals surface area contributed by atoms with Crippen LogP contribution in [0.25, 0.3) is 11.0 Å². The van der Waals surface area contributed by atoms with Crippen molar-refractivity contribution in [2.24, 2.45) is 12.8 Å². The van der Waals surface area contributed by atoms with Crippen molar-refractivity contribution < 1.29 is 34.7 Å². The van der Waals surface area contributed by atoms with Crippen LogP contribution in [0.4, 0.5) is 0 Å². The SMILES string of the molecule is CCCc1nn(C)c2c(=O)n(CCOc3ccc(CC(OCC)C(=O)O)cc3)c(C)nc12.NC(CO)(CO)CO. The second-order valence-corrected chi connectivity index (χ2v) is 9.45. The third kappa shape index (κ3) is 8.57. The van der Waals surface area contributed by atoms with Gasteiger partial charge in [0.2, 0.25) is 0 Å². The Morgan fingerprint density at radius 3 is 2.25 bits per heavy atom. The number of fused-ring (bicyclic) bond motifs is 1. The quantitative estimate of drug-likeness (QED) is 0.179. The molecule has 0 amide bonds. The van der Waals surface area contributed by atoms with E-state index in [-0.39, 0.29) is 12.0 Å². The first-order chi connectivity index (χ1) is 19.0. The van der Waals surface area contributed by atoms with Gasteiger partial charge in [0.25, 0.3) is 5.56 Å². The molecule has 0 radical (unpaired) electrons. The summed E-state index contributed by atoms with van der Waals surface area (Å²) in [6.07, 6.45) is 1.14. The minimum absolute atomic E-state index is 0.126. The van der Waals surface area contributed by atoms with Gasteiger partial charge < -0.3 is 35.6 Å². The van der Waals surface area contributed by atoms with Gasteiger partial charge in [-0.25, -0.2) is 9.78 Å². The number of aliphatic hydroxyl groups excluding tert-OH is 3. The number of nitrogens with zero attached hydrogens (tertiary/aromatic N) is 4. The number of nitrogens with two attached hydrogens (primary N) is 1. The van der Waals surface area contributed by atoms with Crippen LogP contribution in [0.5, 0.6) is 5.75 Å². The molecular formula is C27H41N5O8. The van der Waals surface area contributed by atoms with Crippen molar-refractivity contribution in [3.63, 3.8) is 0 Å². The Hall–Kier alpha value is -3.36. The highest BCUT2D eigenvalue weighted by Gasteiger charge is 2.21. The van der Waals surface area contributed by atoms with Crippen molar-refractivity contribution in [1.82, 2.24) is 19.3 Å². The normalized spacial score (nSPS) is 12.2. The Morgan fingerprint density at radius 1 is 1.12 bits per heavy atom. The van der Waals surface area contributed by atoms with E-state index in [1.54, 1.807) is 35.4 Å². The summed E-state index contributed by atoms with van der Waals surface area (Å²) in [6, 6.07) is 7.21. The van der Waals surface area contributed by atoms with Crippen molar-refractivity contribution in [2.75, 3.05) is 33.0 Å². The molecule has 13 nitrogen and oxygen atoms in total. The second-order valence-electron chi connectivity index (χ2n) is 9.45. The molecule has 0 fully saturated rings. The molecule has 0 saturated carbocycles. The Morgan fingerprint density at radius 2 is 1.75 bits per heavy atom. The predicted molar refractivity (Wildman–Crippen MR) is 148 cm³/mol. The Bertz CT molecular complexity index is 1280. The zero-order valence-electron chi connectivity index (χ0n) is 23.5. The molecule has 0 spiro atoms. The number of carbonyl (C=O) groups is 1. The van der Waals surface area contributed by atoms with E-state index in [4.69, 9.17) is 30.5 Å². The highest BCUT2D eigenvalue weighted by Crippen LogP contribution is 2.16. The molecule has 13 heteroatoms. The van der Waals surface area contributed by atoms with Crippen LogP contribution < -0.4 is 16.0 Å². The Labute approximate surface area is 232 Å². The van der Waals surface area contributed by atoms with E-state index < -0.39 is 37.4 Å². The molecule has 0 aliphatic rings. The number of aryl methyl sites for hydroxylation is 3. The van der Waals surface area contributed by atoms with Crippen molar-refractivity contribution in [3.8, 4) is 5.75 Å². The molecule has 0 aliphatic heterocycles. The number of hydrogen-bond donors (Lipinski definition) is 5. The summed E-state index contributed by atoms with van der Waals surface area (Å²) in [5.74, 6) is 0.291. The van der Waals surface area contributed by atoms with Gasteiger partial charge >= 0.3 is 5.97 Å². The minimum Gasteiger partial charge on any atom is -0.492 e. The van der Waals surface area contributed by atoms with Crippen LogP contribution in [0.2, 0.25) is 0 Å². The number of benzene rings is 1. The highest BCUT2D eigenvalue weighted by molar-refractivity contribution is 5.76. The monoisotopic (exact) mass is 563 g/mol. The molecule has 40 heavy (non-hydrogen) atoms. The number of aromatic nitrogens is 4. The molecule has 1 atom stereocenters. The molecule has 2 aromatic heterocycles. The van der Waals surface area contributed by atoms with Gasteiger partial charge in [-0.05, 0) is 38.0 Å². The third-order valence-electron chi connectivity index (χ3n) is 6.21. The van der Waals surface area contributed by atoms with Gasteiger partial charge in [-0.3, -0.25) is 14.0 Å². The zero-order chi connectivity index (χ0) is 29.9. The summed E-state index contributed by atoms with van der Waals surface area (Å²) < 4.78 is 14.3. The Kier molecular flexibility index (Phi) is 12.7. The van der Waals surface area contributed by atoms with Crippen LogP contribution >= 0.6 is 0 Å². The van der Waals surface area contributed by atoms with E-state index in [0.29, 0.717) is 42.4 Å². The summed E-state index contributed by atoms with van der Waals surface area (Å²) >= 11 is 0. The van der Waals surface area contributed by atoms with Gasteiger partial charge in [0, 0.05) is 20.1 Å². The molecular weight excluding hydrogens is 522 g/mol. The average molecular weight is 564 g/mol. The lowest BCUT2D eigenvalue weighted by Crippen LogP contribution is -2.50. The van der Waals surface area contributed by atoms with Crippen LogP contribution in [0, 0.1) is 6.92 Å². The predicted octanol–water partition coefficient (Wildman–Crippen LogP) is 0.163. The lowest BCUT2D eigenvalue weighted by molar-refractivity contribution is -0.149.